The van der Waals surface area contributed by atoms with Crippen LogP contribution in [0.3, 0.4) is 0 Å². The van der Waals surface area contributed by atoms with Crippen LogP contribution in [0.4, 0.5) is 0 Å². The van der Waals surface area contributed by atoms with E-state index in [4.69, 9.17) is 14.2 Å². The van der Waals surface area contributed by atoms with Gasteiger partial charge in [0, 0.05) is 43.4 Å². The Labute approximate surface area is 159 Å². The van der Waals surface area contributed by atoms with Gasteiger partial charge in [0.15, 0.2) is 0 Å². The number of morpholine rings is 1. The van der Waals surface area contributed by atoms with E-state index in [1.54, 1.807) is 0 Å². The van der Waals surface area contributed by atoms with E-state index in [2.05, 4.69) is 43.2 Å². The van der Waals surface area contributed by atoms with E-state index < -0.39 is 0 Å². The first kappa shape index (κ1) is 20.5. The Bertz CT molecular complexity index is 434. The van der Waals surface area contributed by atoms with E-state index in [0.717, 1.165) is 71.9 Å². The molecule has 3 fully saturated rings. The molecule has 6 nitrogen and oxygen atoms in total. The molecule has 3 aliphatic rings. The molecule has 0 aliphatic carbocycles. The molecule has 6 heteroatoms. The summed E-state index contributed by atoms with van der Waals surface area (Å²) < 4.78 is 16.8. The van der Waals surface area contributed by atoms with Crippen LogP contribution in [0.2, 0.25) is 0 Å². The van der Waals surface area contributed by atoms with Crippen molar-refractivity contribution in [3.63, 3.8) is 0 Å². The van der Waals surface area contributed by atoms with Gasteiger partial charge < -0.3 is 24.8 Å². The highest BCUT2D eigenvalue weighted by molar-refractivity contribution is 4.90. The monoisotopic (exact) mass is 369 g/mol. The van der Waals surface area contributed by atoms with E-state index in [1.807, 2.05) is 0 Å². The van der Waals surface area contributed by atoms with Crippen LogP contribution in [0.15, 0.2) is 0 Å². The summed E-state index contributed by atoms with van der Waals surface area (Å²) in [6, 6.07) is 1.12. The Balaban J connectivity index is 1.37. The third-order valence-electron chi connectivity index (χ3n) is 6.01. The predicted molar refractivity (Wildman–Crippen MR) is 104 cm³/mol. The smallest absolute Gasteiger partial charge is 0.0827 e. The zero-order chi connectivity index (χ0) is 18.6. The molecule has 3 saturated heterocycles. The average Bonchev–Trinajstić information content (AvgIpc) is 3.03. The van der Waals surface area contributed by atoms with Gasteiger partial charge in [-0.05, 0) is 47.0 Å². The molecule has 2 atom stereocenters. The van der Waals surface area contributed by atoms with Gasteiger partial charge in [0.2, 0.25) is 0 Å². The number of ether oxygens (including phenoxy) is 3. The van der Waals surface area contributed by atoms with Crippen LogP contribution in [0.25, 0.3) is 0 Å². The van der Waals surface area contributed by atoms with Crippen molar-refractivity contribution in [1.29, 1.82) is 0 Å². The quantitative estimate of drug-likeness (QED) is 0.641. The third-order valence-corrected chi connectivity index (χ3v) is 6.01. The van der Waals surface area contributed by atoms with Crippen molar-refractivity contribution in [2.24, 2.45) is 0 Å². The second kappa shape index (κ2) is 8.84. The summed E-state index contributed by atoms with van der Waals surface area (Å²) in [4.78, 5) is 2.53. The highest BCUT2D eigenvalue weighted by Gasteiger charge is 2.32. The molecule has 152 valence electrons. The number of nitrogens with one attached hydrogen (secondary N) is 2. The SMILES string of the molecule is CC(C)(CCC(C)(C)NC1CCOC1)NCC1CN(C2COC2)CCO1. The van der Waals surface area contributed by atoms with Crippen LogP contribution in [-0.4, -0.2) is 86.8 Å². The molecule has 2 unspecified atom stereocenters. The predicted octanol–water partition coefficient (Wildman–Crippen LogP) is 1.39. The highest BCUT2D eigenvalue weighted by Crippen LogP contribution is 2.22. The lowest BCUT2D eigenvalue weighted by Crippen LogP contribution is -2.57. The molecular formula is C20H39N3O3. The van der Waals surface area contributed by atoms with E-state index in [0.29, 0.717) is 12.1 Å². The molecule has 3 rings (SSSR count). The van der Waals surface area contributed by atoms with E-state index in [1.165, 1.54) is 0 Å². The fraction of sp³-hybridized carbons (Fsp3) is 1.00. The van der Waals surface area contributed by atoms with E-state index in [9.17, 15) is 0 Å². The Kier molecular flexibility index (Phi) is 6.97. The Morgan fingerprint density at radius 2 is 1.73 bits per heavy atom. The van der Waals surface area contributed by atoms with Crippen molar-refractivity contribution in [3.05, 3.63) is 0 Å². The number of nitrogens with zero attached hydrogens (tertiary/aromatic N) is 1. The maximum absolute atomic E-state index is 5.99. The van der Waals surface area contributed by atoms with Gasteiger partial charge in [-0.3, -0.25) is 4.90 Å². The lowest BCUT2D eigenvalue weighted by atomic mass is 9.88. The normalized spacial score (nSPS) is 29.1. The first-order chi connectivity index (χ1) is 12.3. The van der Waals surface area contributed by atoms with Crippen molar-refractivity contribution in [1.82, 2.24) is 15.5 Å². The van der Waals surface area contributed by atoms with Gasteiger partial charge in [-0.15, -0.1) is 0 Å². The fourth-order valence-electron chi connectivity index (χ4n) is 4.01. The first-order valence-corrected chi connectivity index (χ1v) is 10.4. The van der Waals surface area contributed by atoms with Crippen LogP contribution < -0.4 is 10.6 Å². The van der Waals surface area contributed by atoms with Crippen molar-refractivity contribution >= 4 is 0 Å². The van der Waals surface area contributed by atoms with Gasteiger partial charge in [0.25, 0.3) is 0 Å². The van der Waals surface area contributed by atoms with Crippen molar-refractivity contribution in [2.75, 3.05) is 52.7 Å². The molecule has 0 aromatic rings. The minimum Gasteiger partial charge on any atom is -0.380 e. The molecule has 3 aliphatic heterocycles. The summed E-state index contributed by atoms with van der Waals surface area (Å²) in [5, 5.41) is 7.52. The molecule has 0 bridgehead atoms. The third kappa shape index (κ3) is 6.14. The van der Waals surface area contributed by atoms with Gasteiger partial charge in [-0.1, -0.05) is 0 Å². The van der Waals surface area contributed by atoms with Gasteiger partial charge in [-0.25, -0.2) is 0 Å². The van der Waals surface area contributed by atoms with E-state index >= 15 is 0 Å². The zero-order valence-corrected chi connectivity index (χ0v) is 17.2. The van der Waals surface area contributed by atoms with Crippen LogP contribution in [0, 0.1) is 0 Å². The van der Waals surface area contributed by atoms with Crippen molar-refractivity contribution in [2.45, 2.75) is 76.2 Å². The summed E-state index contributed by atoms with van der Waals surface area (Å²) in [5.74, 6) is 0. The summed E-state index contributed by atoms with van der Waals surface area (Å²) in [6.07, 6.45) is 3.69. The van der Waals surface area contributed by atoms with Crippen LogP contribution in [-0.2, 0) is 14.2 Å². The zero-order valence-electron chi connectivity index (χ0n) is 17.2. The number of rotatable bonds is 9. The Hall–Kier alpha value is -0.240. The average molecular weight is 370 g/mol. The maximum Gasteiger partial charge on any atom is 0.0827 e. The summed E-state index contributed by atoms with van der Waals surface area (Å²) >= 11 is 0. The van der Waals surface area contributed by atoms with Crippen LogP contribution in [0.1, 0.15) is 47.0 Å². The molecule has 26 heavy (non-hydrogen) atoms. The molecule has 0 amide bonds. The molecule has 3 heterocycles. The largest absolute Gasteiger partial charge is 0.380 e. The lowest BCUT2D eigenvalue weighted by Gasteiger charge is -2.42. The summed E-state index contributed by atoms with van der Waals surface area (Å²) in [7, 11) is 0. The molecular weight excluding hydrogens is 330 g/mol. The highest BCUT2D eigenvalue weighted by atomic mass is 16.5. The van der Waals surface area contributed by atoms with Gasteiger partial charge >= 0.3 is 0 Å². The standard InChI is InChI=1S/C20H39N3O3/c1-19(2,6-7-20(3,4)22-16-5-9-24-13-16)21-11-18-12-23(8-10-26-18)17-14-25-15-17/h16-18,21-22H,5-15H2,1-4H3. The maximum atomic E-state index is 5.99. The van der Waals surface area contributed by atoms with Crippen molar-refractivity contribution in [3.8, 4) is 0 Å². The molecule has 0 aromatic carbocycles. The second-order valence-corrected chi connectivity index (χ2v) is 9.53. The minimum atomic E-state index is 0.107. The van der Waals surface area contributed by atoms with Crippen molar-refractivity contribution < 1.29 is 14.2 Å². The van der Waals surface area contributed by atoms with Crippen LogP contribution >= 0.6 is 0 Å². The first-order valence-electron chi connectivity index (χ1n) is 10.4. The molecule has 0 aromatic heterocycles. The van der Waals surface area contributed by atoms with Gasteiger partial charge in [0.1, 0.15) is 0 Å². The topological polar surface area (TPSA) is 55.0 Å². The number of hydrogen-bond acceptors (Lipinski definition) is 6. The number of hydrogen-bond donors (Lipinski definition) is 2. The van der Waals surface area contributed by atoms with Crippen LogP contribution in [0.5, 0.6) is 0 Å². The minimum absolute atomic E-state index is 0.107. The fourth-order valence-corrected chi connectivity index (χ4v) is 4.01. The Morgan fingerprint density at radius 1 is 0.962 bits per heavy atom. The summed E-state index contributed by atoms with van der Waals surface area (Å²) in [6.45, 7) is 16.6. The second-order valence-electron chi connectivity index (χ2n) is 9.53. The van der Waals surface area contributed by atoms with E-state index in [-0.39, 0.29) is 17.2 Å². The van der Waals surface area contributed by atoms with Gasteiger partial charge in [0.05, 0.1) is 38.6 Å². The summed E-state index contributed by atoms with van der Waals surface area (Å²) in [5.41, 5.74) is 0.246. The lowest BCUT2D eigenvalue weighted by molar-refractivity contribution is -0.113. The van der Waals surface area contributed by atoms with Gasteiger partial charge in [-0.2, -0.15) is 0 Å². The molecule has 2 N–H and O–H groups in total. The molecule has 0 saturated carbocycles. The molecule has 0 radical (unpaired) electrons. The Morgan fingerprint density at radius 3 is 2.38 bits per heavy atom. The molecule has 0 spiro atoms.